The van der Waals surface area contributed by atoms with E-state index >= 15 is 0 Å². The number of carbonyl (C=O) groups is 1. The highest BCUT2D eigenvalue weighted by Crippen LogP contribution is 2.34. The lowest BCUT2D eigenvalue weighted by Crippen LogP contribution is -2.35. The average molecular weight is 481 g/mol. The number of hydrogen-bond acceptors (Lipinski definition) is 6. The van der Waals surface area contributed by atoms with Crippen LogP contribution in [0.4, 0.5) is 5.69 Å². The van der Waals surface area contributed by atoms with Crippen molar-refractivity contribution in [2.75, 3.05) is 23.9 Å². The van der Waals surface area contributed by atoms with Gasteiger partial charge in [0.25, 0.3) is 10.0 Å². The van der Waals surface area contributed by atoms with E-state index in [0.717, 1.165) is 49.8 Å². The molecule has 3 aromatic rings. The number of aryl methyl sites for hydroxylation is 2. The Kier molecular flexibility index (Phi) is 6.12. The van der Waals surface area contributed by atoms with Crippen LogP contribution in [0.5, 0.6) is 0 Å². The molecule has 1 aromatic heterocycles. The van der Waals surface area contributed by atoms with E-state index in [-0.39, 0.29) is 22.5 Å². The first-order chi connectivity index (χ1) is 16.4. The summed E-state index contributed by atoms with van der Waals surface area (Å²) in [5.41, 5.74) is 2.88. The van der Waals surface area contributed by atoms with Gasteiger partial charge in [-0.15, -0.1) is 0 Å². The van der Waals surface area contributed by atoms with E-state index in [1.54, 1.807) is 30.0 Å². The van der Waals surface area contributed by atoms with Gasteiger partial charge in [0.1, 0.15) is 0 Å². The number of aromatic nitrogens is 2. The molecule has 2 aliphatic heterocycles. The smallest absolute Gasteiger partial charge is 0.316 e. The Morgan fingerprint density at radius 2 is 1.74 bits per heavy atom. The Morgan fingerprint density at radius 1 is 0.971 bits per heavy atom. The Hall–Kier alpha value is -3.20. The van der Waals surface area contributed by atoms with E-state index in [9.17, 15) is 13.2 Å². The molecule has 1 saturated heterocycles. The molecule has 2 aliphatic rings. The van der Waals surface area contributed by atoms with Gasteiger partial charge in [0.2, 0.25) is 5.82 Å². The molecular formula is C25H28N4O4S. The minimum absolute atomic E-state index is 0.0631. The first kappa shape index (κ1) is 22.6. The number of rotatable bonds is 4. The van der Waals surface area contributed by atoms with Gasteiger partial charge >= 0.3 is 11.8 Å². The van der Waals surface area contributed by atoms with Crippen molar-refractivity contribution in [3.05, 3.63) is 59.5 Å². The fourth-order valence-electron chi connectivity index (χ4n) is 4.72. The van der Waals surface area contributed by atoms with Crippen molar-refractivity contribution in [1.29, 1.82) is 0 Å². The summed E-state index contributed by atoms with van der Waals surface area (Å²) < 4.78 is 34.2. The van der Waals surface area contributed by atoms with E-state index in [2.05, 4.69) is 10.1 Å². The number of benzene rings is 2. The van der Waals surface area contributed by atoms with Gasteiger partial charge in [0, 0.05) is 25.2 Å². The summed E-state index contributed by atoms with van der Waals surface area (Å²) in [6, 6.07) is 12.7. The van der Waals surface area contributed by atoms with E-state index < -0.39 is 10.0 Å². The minimum Gasteiger partial charge on any atom is -0.334 e. The summed E-state index contributed by atoms with van der Waals surface area (Å²) in [5, 5.41) is 3.99. The number of hydrogen-bond donors (Lipinski definition) is 0. The maximum atomic E-state index is 13.7. The van der Waals surface area contributed by atoms with Crippen LogP contribution in [0.25, 0.3) is 11.4 Å². The van der Waals surface area contributed by atoms with Crippen LogP contribution >= 0.6 is 0 Å². The van der Waals surface area contributed by atoms with E-state index in [1.807, 2.05) is 24.3 Å². The standard InChI is InChI=1S/C25H28N4O4S/c1-18-12-13-20(23-26-24(33-27-23)25(30)28-14-6-2-3-7-15-28)17-22(18)34(31,32)29-16-8-10-19-9-4-5-11-21(19)29/h4-5,9,11-13,17H,2-3,6-8,10,14-16H2,1H3. The van der Waals surface area contributed by atoms with E-state index in [4.69, 9.17) is 4.52 Å². The van der Waals surface area contributed by atoms with Crippen molar-refractivity contribution >= 4 is 21.6 Å². The largest absolute Gasteiger partial charge is 0.334 e. The molecule has 0 aliphatic carbocycles. The van der Waals surface area contributed by atoms with Crippen LogP contribution in [0.2, 0.25) is 0 Å². The highest BCUT2D eigenvalue weighted by molar-refractivity contribution is 7.92. The topological polar surface area (TPSA) is 96.6 Å². The molecule has 3 heterocycles. The van der Waals surface area contributed by atoms with Gasteiger partial charge < -0.3 is 9.42 Å². The quantitative estimate of drug-likeness (QED) is 0.555. The Labute approximate surface area is 199 Å². The average Bonchev–Trinajstić information content (AvgIpc) is 3.18. The third kappa shape index (κ3) is 4.20. The maximum Gasteiger partial charge on any atom is 0.316 e. The summed E-state index contributed by atoms with van der Waals surface area (Å²) in [6.07, 6.45) is 5.78. The van der Waals surface area contributed by atoms with Crippen LogP contribution in [-0.2, 0) is 16.4 Å². The zero-order valence-electron chi connectivity index (χ0n) is 19.2. The number of sulfonamides is 1. The molecule has 8 nitrogen and oxygen atoms in total. The van der Waals surface area contributed by atoms with Gasteiger partial charge in [-0.05, 0) is 55.9 Å². The zero-order chi connectivity index (χ0) is 23.7. The number of amides is 1. The van der Waals surface area contributed by atoms with Gasteiger partial charge in [-0.25, -0.2) is 8.42 Å². The molecule has 0 bridgehead atoms. The number of carbonyl (C=O) groups excluding carboxylic acids is 1. The Morgan fingerprint density at radius 3 is 2.53 bits per heavy atom. The van der Waals surface area contributed by atoms with Crippen LogP contribution in [0.1, 0.15) is 53.9 Å². The lowest BCUT2D eigenvalue weighted by Gasteiger charge is -2.31. The summed E-state index contributed by atoms with van der Waals surface area (Å²) in [6.45, 7) is 3.57. The molecule has 1 amide bonds. The third-order valence-corrected chi connectivity index (χ3v) is 8.54. The molecular weight excluding hydrogens is 452 g/mol. The maximum absolute atomic E-state index is 13.7. The monoisotopic (exact) mass is 480 g/mol. The number of likely N-dealkylation sites (tertiary alicyclic amines) is 1. The zero-order valence-corrected chi connectivity index (χ0v) is 20.1. The lowest BCUT2D eigenvalue weighted by molar-refractivity contribution is 0.0711. The predicted molar refractivity (Wildman–Crippen MR) is 128 cm³/mol. The number of para-hydroxylation sites is 1. The fourth-order valence-corrected chi connectivity index (χ4v) is 6.52. The van der Waals surface area contributed by atoms with Gasteiger partial charge in [0.05, 0.1) is 10.6 Å². The van der Waals surface area contributed by atoms with Crippen LogP contribution < -0.4 is 4.31 Å². The normalized spacial score (nSPS) is 16.7. The fraction of sp³-hybridized carbons (Fsp3) is 0.400. The number of anilines is 1. The highest BCUT2D eigenvalue weighted by atomic mass is 32.2. The summed E-state index contributed by atoms with van der Waals surface area (Å²) in [7, 11) is -3.80. The molecule has 0 unspecified atom stereocenters. The SMILES string of the molecule is Cc1ccc(-c2noc(C(=O)N3CCCCCC3)n2)cc1S(=O)(=O)N1CCCc2ccccc21. The van der Waals surface area contributed by atoms with Crippen LogP contribution in [0, 0.1) is 6.92 Å². The molecule has 0 saturated carbocycles. The molecule has 0 N–H and O–H groups in total. The van der Waals surface area contributed by atoms with Crippen molar-refractivity contribution in [2.45, 2.75) is 50.3 Å². The van der Waals surface area contributed by atoms with Crippen LogP contribution in [0.3, 0.4) is 0 Å². The lowest BCUT2D eigenvalue weighted by atomic mass is 10.0. The first-order valence-corrected chi connectivity index (χ1v) is 13.2. The van der Waals surface area contributed by atoms with Gasteiger partial charge in [0.15, 0.2) is 0 Å². The molecule has 0 radical (unpaired) electrons. The second-order valence-electron chi connectivity index (χ2n) is 8.92. The first-order valence-electron chi connectivity index (χ1n) is 11.8. The van der Waals surface area contributed by atoms with Gasteiger partial charge in [-0.2, -0.15) is 4.98 Å². The molecule has 0 spiro atoms. The Bertz CT molecular complexity index is 1310. The van der Waals surface area contributed by atoms with Gasteiger partial charge in [-0.3, -0.25) is 9.10 Å². The molecule has 34 heavy (non-hydrogen) atoms. The van der Waals surface area contributed by atoms with Crippen molar-refractivity contribution in [1.82, 2.24) is 15.0 Å². The third-order valence-electron chi connectivity index (χ3n) is 6.58. The molecule has 2 aromatic carbocycles. The minimum atomic E-state index is -3.80. The molecule has 1 fully saturated rings. The van der Waals surface area contributed by atoms with Crippen molar-refractivity contribution in [3.63, 3.8) is 0 Å². The summed E-state index contributed by atoms with van der Waals surface area (Å²) >= 11 is 0. The Balaban J connectivity index is 1.46. The van der Waals surface area contributed by atoms with E-state index in [0.29, 0.717) is 30.8 Å². The molecule has 5 rings (SSSR count). The number of nitrogens with zero attached hydrogens (tertiary/aromatic N) is 4. The summed E-state index contributed by atoms with van der Waals surface area (Å²) in [5.74, 6) is -0.133. The highest BCUT2D eigenvalue weighted by Gasteiger charge is 2.31. The molecule has 9 heteroatoms. The van der Waals surface area contributed by atoms with Crippen molar-refractivity contribution < 1.29 is 17.7 Å². The second-order valence-corrected chi connectivity index (χ2v) is 10.7. The van der Waals surface area contributed by atoms with E-state index in [1.165, 1.54) is 4.31 Å². The van der Waals surface area contributed by atoms with Crippen molar-refractivity contribution in [3.8, 4) is 11.4 Å². The van der Waals surface area contributed by atoms with Crippen LogP contribution in [0.15, 0.2) is 51.9 Å². The second kappa shape index (κ2) is 9.21. The van der Waals surface area contributed by atoms with Crippen LogP contribution in [-0.4, -0.2) is 49.0 Å². The van der Waals surface area contributed by atoms with Crippen molar-refractivity contribution in [2.24, 2.45) is 0 Å². The van der Waals surface area contributed by atoms with Gasteiger partial charge in [-0.1, -0.05) is 48.3 Å². The molecule has 0 atom stereocenters. The number of fused-ring (bicyclic) bond motifs is 1. The summed E-state index contributed by atoms with van der Waals surface area (Å²) in [4.78, 5) is 19.1. The molecule has 178 valence electrons. The predicted octanol–water partition coefficient (Wildman–Crippen LogP) is 4.20.